The Labute approximate surface area is 187 Å². The van der Waals surface area contributed by atoms with Crippen LogP contribution in [0.4, 0.5) is 16.3 Å². The lowest BCUT2D eigenvalue weighted by Gasteiger charge is -2.25. The van der Waals surface area contributed by atoms with E-state index in [0.29, 0.717) is 28.1 Å². The van der Waals surface area contributed by atoms with Crippen LogP contribution in [-0.4, -0.2) is 39.7 Å². The molecular formula is C21H29Cl2N5O2. The van der Waals surface area contributed by atoms with E-state index in [9.17, 15) is 9.59 Å². The number of anilines is 2. The molecule has 0 atom stereocenters. The Morgan fingerprint density at radius 2 is 1.77 bits per heavy atom. The number of urea groups is 1. The number of nitrogens with zero attached hydrogens (tertiary/aromatic N) is 3. The largest absolute Gasteiger partial charge is 0.322 e. The lowest BCUT2D eigenvalue weighted by Crippen LogP contribution is -2.42. The van der Waals surface area contributed by atoms with E-state index in [1.165, 1.54) is 4.90 Å². The van der Waals surface area contributed by atoms with E-state index in [-0.39, 0.29) is 23.8 Å². The van der Waals surface area contributed by atoms with Crippen LogP contribution in [0.25, 0.3) is 0 Å². The van der Waals surface area contributed by atoms with E-state index < -0.39 is 6.03 Å². The minimum Gasteiger partial charge on any atom is -0.315 e. The van der Waals surface area contributed by atoms with Gasteiger partial charge in [0.25, 0.3) is 0 Å². The van der Waals surface area contributed by atoms with Crippen LogP contribution in [0.2, 0.25) is 10.0 Å². The number of halogens is 2. The third kappa shape index (κ3) is 6.37. The van der Waals surface area contributed by atoms with Crippen molar-refractivity contribution < 1.29 is 9.59 Å². The standard InChI is InChI=1S/C21H29Cl2N5O2/c1-13(2)11-28(20(30)25-19-14(22)8-7-9-15(19)23)12-18(29)24-17-10-16(21(3,4)5)26-27(17)6/h7-10,13H,11-12H2,1-6H3,(H,24,29)(H,25,30). The van der Waals surface area contributed by atoms with Crippen LogP contribution in [0.5, 0.6) is 0 Å². The smallest absolute Gasteiger partial charge is 0.315 e. The van der Waals surface area contributed by atoms with Gasteiger partial charge in [-0.2, -0.15) is 5.10 Å². The first-order valence-electron chi connectivity index (χ1n) is 9.72. The molecule has 3 amide bonds. The summed E-state index contributed by atoms with van der Waals surface area (Å²) in [6, 6.07) is 6.36. The summed E-state index contributed by atoms with van der Waals surface area (Å²) >= 11 is 12.3. The van der Waals surface area contributed by atoms with Crippen molar-refractivity contribution in [2.45, 2.75) is 40.0 Å². The third-order valence-electron chi connectivity index (χ3n) is 4.32. The fraction of sp³-hybridized carbons (Fsp3) is 0.476. The lowest BCUT2D eigenvalue weighted by atomic mass is 9.92. The number of rotatable bonds is 6. The normalized spacial score (nSPS) is 11.5. The molecule has 0 saturated carbocycles. The van der Waals surface area contributed by atoms with Crippen LogP contribution >= 0.6 is 23.2 Å². The summed E-state index contributed by atoms with van der Waals surface area (Å²) in [4.78, 5) is 27.0. The number of aromatic nitrogens is 2. The predicted octanol–water partition coefficient (Wildman–Crippen LogP) is 5.15. The quantitative estimate of drug-likeness (QED) is 0.634. The summed E-state index contributed by atoms with van der Waals surface area (Å²) in [5.74, 6) is 0.415. The molecule has 1 heterocycles. The molecule has 0 fully saturated rings. The van der Waals surface area contributed by atoms with Gasteiger partial charge in [-0.05, 0) is 18.1 Å². The molecule has 0 aliphatic heterocycles. The number of aryl methyl sites for hydroxylation is 1. The Morgan fingerprint density at radius 3 is 2.27 bits per heavy atom. The highest BCUT2D eigenvalue weighted by Crippen LogP contribution is 2.30. The molecule has 0 saturated heterocycles. The zero-order valence-corrected chi connectivity index (χ0v) is 19.7. The number of carbonyl (C=O) groups excluding carboxylic acids is 2. The van der Waals surface area contributed by atoms with Gasteiger partial charge in [-0.3, -0.25) is 9.48 Å². The highest BCUT2D eigenvalue weighted by Gasteiger charge is 2.23. The number of carbonyl (C=O) groups is 2. The lowest BCUT2D eigenvalue weighted by molar-refractivity contribution is -0.116. The summed E-state index contributed by atoms with van der Waals surface area (Å²) in [5.41, 5.74) is 1.05. The third-order valence-corrected chi connectivity index (χ3v) is 4.95. The summed E-state index contributed by atoms with van der Waals surface area (Å²) < 4.78 is 1.62. The van der Waals surface area contributed by atoms with Crippen molar-refractivity contribution >= 4 is 46.6 Å². The van der Waals surface area contributed by atoms with Crippen molar-refractivity contribution in [2.75, 3.05) is 23.7 Å². The SMILES string of the molecule is CC(C)CN(CC(=O)Nc1cc(C(C)(C)C)nn1C)C(=O)Nc1c(Cl)cccc1Cl. The monoisotopic (exact) mass is 453 g/mol. The van der Waals surface area contributed by atoms with Crippen LogP contribution in [0.1, 0.15) is 40.3 Å². The first-order valence-corrected chi connectivity index (χ1v) is 10.5. The molecule has 0 unspecified atom stereocenters. The number of para-hydroxylation sites is 1. The van der Waals surface area contributed by atoms with Crippen molar-refractivity contribution in [2.24, 2.45) is 13.0 Å². The van der Waals surface area contributed by atoms with Gasteiger partial charge in [-0.25, -0.2) is 4.79 Å². The van der Waals surface area contributed by atoms with Crippen molar-refractivity contribution in [3.05, 3.63) is 40.0 Å². The van der Waals surface area contributed by atoms with E-state index in [1.54, 1.807) is 29.9 Å². The van der Waals surface area contributed by atoms with Crippen molar-refractivity contribution in [1.29, 1.82) is 0 Å². The zero-order chi connectivity index (χ0) is 22.6. The van der Waals surface area contributed by atoms with E-state index in [4.69, 9.17) is 23.2 Å². The molecule has 7 nitrogen and oxygen atoms in total. The van der Waals surface area contributed by atoms with Gasteiger partial charge < -0.3 is 15.5 Å². The number of benzene rings is 1. The molecule has 2 rings (SSSR count). The Hall–Kier alpha value is -2.25. The van der Waals surface area contributed by atoms with Crippen molar-refractivity contribution in [3.63, 3.8) is 0 Å². The highest BCUT2D eigenvalue weighted by molar-refractivity contribution is 6.39. The second-order valence-corrected chi connectivity index (χ2v) is 9.45. The van der Waals surface area contributed by atoms with Crippen molar-refractivity contribution in [1.82, 2.24) is 14.7 Å². The fourth-order valence-corrected chi connectivity index (χ4v) is 3.26. The summed E-state index contributed by atoms with van der Waals surface area (Å²) in [5, 5.41) is 10.7. The van der Waals surface area contributed by atoms with Crippen LogP contribution in [0.3, 0.4) is 0 Å². The van der Waals surface area contributed by atoms with E-state index in [2.05, 4.69) is 36.5 Å². The Morgan fingerprint density at radius 1 is 1.17 bits per heavy atom. The molecule has 0 aliphatic rings. The average Bonchev–Trinajstić information content (AvgIpc) is 2.98. The molecule has 2 aromatic rings. The second kappa shape index (κ2) is 9.71. The van der Waals surface area contributed by atoms with Gasteiger partial charge >= 0.3 is 6.03 Å². The van der Waals surface area contributed by atoms with Gasteiger partial charge in [0, 0.05) is 25.1 Å². The highest BCUT2D eigenvalue weighted by atomic mass is 35.5. The predicted molar refractivity (Wildman–Crippen MR) is 122 cm³/mol. The maximum Gasteiger partial charge on any atom is 0.322 e. The molecule has 164 valence electrons. The summed E-state index contributed by atoms with van der Waals surface area (Å²) in [7, 11) is 1.77. The topological polar surface area (TPSA) is 79.3 Å². The molecule has 1 aromatic carbocycles. The molecule has 0 bridgehead atoms. The average molecular weight is 454 g/mol. The van der Waals surface area contributed by atoms with Gasteiger partial charge in [-0.1, -0.05) is 63.9 Å². The number of nitrogens with one attached hydrogen (secondary N) is 2. The maximum absolute atomic E-state index is 12.8. The van der Waals surface area contributed by atoms with Crippen LogP contribution < -0.4 is 10.6 Å². The van der Waals surface area contributed by atoms with E-state index >= 15 is 0 Å². The molecule has 30 heavy (non-hydrogen) atoms. The van der Waals surface area contributed by atoms with Gasteiger partial charge in [0.15, 0.2) is 0 Å². The van der Waals surface area contributed by atoms with E-state index in [1.807, 2.05) is 19.9 Å². The number of hydrogen-bond acceptors (Lipinski definition) is 3. The fourth-order valence-electron chi connectivity index (χ4n) is 2.77. The van der Waals surface area contributed by atoms with Gasteiger partial charge in [-0.15, -0.1) is 0 Å². The maximum atomic E-state index is 12.8. The first kappa shape index (κ1) is 24.0. The van der Waals surface area contributed by atoms with Gasteiger partial charge in [0.1, 0.15) is 12.4 Å². The van der Waals surface area contributed by atoms with Crippen LogP contribution in [0.15, 0.2) is 24.3 Å². The second-order valence-electron chi connectivity index (χ2n) is 8.64. The van der Waals surface area contributed by atoms with Gasteiger partial charge in [0.05, 0.1) is 21.4 Å². The Bertz CT molecular complexity index is 898. The zero-order valence-electron chi connectivity index (χ0n) is 18.2. The number of amides is 3. The summed E-state index contributed by atoms with van der Waals surface area (Å²) in [6.07, 6.45) is 0. The molecule has 0 spiro atoms. The van der Waals surface area contributed by atoms with Gasteiger partial charge in [0.2, 0.25) is 5.91 Å². The van der Waals surface area contributed by atoms with E-state index in [0.717, 1.165) is 5.69 Å². The molecule has 0 aliphatic carbocycles. The molecule has 2 N–H and O–H groups in total. The number of hydrogen-bond donors (Lipinski definition) is 2. The first-order chi connectivity index (χ1) is 13.9. The molecular weight excluding hydrogens is 425 g/mol. The molecule has 0 radical (unpaired) electrons. The summed E-state index contributed by atoms with van der Waals surface area (Å²) in [6.45, 7) is 10.4. The Kier molecular flexibility index (Phi) is 7.77. The van der Waals surface area contributed by atoms with Crippen LogP contribution in [0, 0.1) is 5.92 Å². The minimum atomic E-state index is -0.450. The van der Waals surface area contributed by atoms with Crippen LogP contribution in [-0.2, 0) is 17.3 Å². The molecule has 1 aromatic heterocycles. The minimum absolute atomic E-state index is 0.123. The van der Waals surface area contributed by atoms with Crippen molar-refractivity contribution in [3.8, 4) is 0 Å². The molecule has 9 heteroatoms. The Balaban J connectivity index is 2.13.